The molecule has 6 nitrogen and oxygen atoms in total. The van der Waals surface area contributed by atoms with Gasteiger partial charge in [0.2, 0.25) is 5.91 Å². The van der Waals surface area contributed by atoms with Crippen LogP contribution in [0.3, 0.4) is 0 Å². The van der Waals surface area contributed by atoms with E-state index in [1.54, 1.807) is 0 Å². The van der Waals surface area contributed by atoms with Crippen molar-refractivity contribution in [3.63, 3.8) is 0 Å². The lowest BCUT2D eigenvalue weighted by atomic mass is 10.00. The third-order valence-corrected chi connectivity index (χ3v) is 7.16. The third-order valence-electron chi connectivity index (χ3n) is 6.35. The van der Waals surface area contributed by atoms with E-state index >= 15 is 0 Å². The van der Waals surface area contributed by atoms with Gasteiger partial charge >= 0.3 is 0 Å². The van der Waals surface area contributed by atoms with Crippen LogP contribution in [0, 0.1) is 6.92 Å². The fourth-order valence-electron chi connectivity index (χ4n) is 4.61. The van der Waals surface area contributed by atoms with Gasteiger partial charge in [-0.15, -0.1) is 0 Å². The van der Waals surface area contributed by atoms with Crippen molar-refractivity contribution in [2.45, 2.75) is 32.4 Å². The molecule has 1 aliphatic rings. The lowest BCUT2D eigenvalue weighted by molar-refractivity contribution is -0.115. The summed E-state index contributed by atoms with van der Waals surface area (Å²) in [4.78, 5) is 18.8. The molecule has 2 aromatic heterocycles. The lowest BCUT2D eigenvalue weighted by Gasteiger charge is -2.29. The molecule has 1 amide bonds. The Kier molecular flexibility index (Phi) is 6.89. The summed E-state index contributed by atoms with van der Waals surface area (Å²) >= 11 is 9.50. The maximum atomic E-state index is 12.0. The third kappa shape index (κ3) is 4.66. The van der Waals surface area contributed by atoms with E-state index in [2.05, 4.69) is 77.5 Å². The van der Waals surface area contributed by atoms with Gasteiger partial charge in [0.05, 0.1) is 11.7 Å². The molecular formula is C28H26BrN5OS. The fourth-order valence-corrected chi connectivity index (χ4v) is 5.34. The second-order valence-corrected chi connectivity index (χ2v) is 9.98. The minimum atomic E-state index is -0.156. The van der Waals surface area contributed by atoms with E-state index in [4.69, 9.17) is 12.2 Å². The van der Waals surface area contributed by atoms with E-state index in [1.807, 2.05) is 62.5 Å². The molecule has 8 heteroatoms. The Labute approximate surface area is 224 Å². The molecule has 0 aliphatic carbocycles. The molecule has 36 heavy (non-hydrogen) atoms. The van der Waals surface area contributed by atoms with Gasteiger partial charge < -0.3 is 20.1 Å². The van der Waals surface area contributed by atoms with Gasteiger partial charge in [0.25, 0.3) is 0 Å². The number of rotatable bonds is 6. The first kappa shape index (κ1) is 24.2. The molecule has 4 aromatic rings. The standard InChI is InChI=1S/C28H26BrN5OS/c1-3-25(35)31-22-13-12-21(16-18(22)2)34-27(26(32-28(34)36)23-10-4-5-14-30-23)24-11-7-15-33(24)20-9-6-8-19(29)17-20/h4-17,26-27H,3H2,1-2H3,(H,31,35)(H,32,36)/t26-,27-/m1/s1. The van der Waals surface area contributed by atoms with Gasteiger partial charge in [-0.3, -0.25) is 9.78 Å². The fraction of sp³-hybridized carbons (Fsp3) is 0.179. The molecular weight excluding hydrogens is 534 g/mol. The summed E-state index contributed by atoms with van der Waals surface area (Å²) in [5, 5.41) is 7.13. The number of amides is 1. The van der Waals surface area contributed by atoms with E-state index < -0.39 is 0 Å². The molecule has 0 spiro atoms. The molecule has 1 aliphatic heterocycles. The topological polar surface area (TPSA) is 62.2 Å². The Morgan fingerprint density at radius 3 is 2.67 bits per heavy atom. The van der Waals surface area contributed by atoms with Crippen molar-refractivity contribution in [1.29, 1.82) is 0 Å². The number of nitrogens with zero attached hydrogens (tertiary/aromatic N) is 3. The maximum Gasteiger partial charge on any atom is 0.224 e. The molecule has 2 aromatic carbocycles. The number of carbonyl (C=O) groups is 1. The number of aryl methyl sites for hydroxylation is 1. The summed E-state index contributed by atoms with van der Waals surface area (Å²) in [6, 6.07) is 24.1. The monoisotopic (exact) mass is 559 g/mol. The Morgan fingerprint density at radius 2 is 1.94 bits per heavy atom. The summed E-state index contributed by atoms with van der Waals surface area (Å²) in [5.41, 5.74) is 5.77. The number of hydrogen-bond donors (Lipinski definition) is 2. The molecule has 5 rings (SSSR count). The zero-order chi connectivity index (χ0) is 25.2. The summed E-state index contributed by atoms with van der Waals surface area (Å²) in [5.74, 6) is -0.0100. The number of hydrogen-bond acceptors (Lipinski definition) is 3. The highest BCUT2D eigenvalue weighted by atomic mass is 79.9. The largest absolute Gasteiger partial charge is 0.351 e. The van der Waals surface area contributed by atoms with Crippen molar-refractivity contribution in [3.8, 4) is 5.69 Å². The average Bonchev–Trinajstić information content (AvgIpc) is 3.50. The van der Waals surface area contributed by atoms with Gasteiger partial charge in [-0.1, -0.05) is 35.0 Å². The maximum absolute atomic E-state index is 12.0. The van der Waals surface area contributed by atoms with E-state index in [9.17, 15) is 4.79 Å². The average molecular weight is 561 g/mol. The minimum Gasteiger partial charge on any atom is -0.351 e. The van der Waals surface area contributed by atoms with Gasteiger partial charge in [0, 0.05) is 46.0 Å². The summed E-state index contributed by atoms with van der Waals surface area (Å²) in [7, 11) is 0. The van der Waals surface area contributed by atoms with Crippen molar-refractivity contribution in [2.75, 3.05) is 10.2 Å². The molecule has 1 saturated heterocycles. The van der Waals surface area contributed by atoms with Gasteiger partial charge in [0.15, 0.2) is 5.11 Å². The number of carbonyl (C=O) groups excluding carboxylic acids is 1. The molecule has 0 radical (unpaired) electrons. The Bertz CT molecular complexity index is 1420. The van der Waals surface area contributed by atoms with Crippen molar-refractivity contribution >= 4 is 50.5 Å². The predicted octanol–water partition coefficient (Wildman–Crippen LogP) is 6.47. The highest BCUT2D eigenvalue weighted by Crippen LogP contribution is 2.43. The van der Waals surface area contributed by atoms with Crippen LogP contribution in [-0.2, 0) is 4.79 Å². The van der Waals surface area contributed by atoms with E-state index in [0.29, 0.717) is 11.5 Å². The summed E-state index contributed by atoms with van der Waals surface area (Å²) < 4.78 is 3.20. The van der Waals surface area contributed by atoms with E-state index in [1.165, 1.54) is 0 Å². The highest BCUT2D eigenvalue weighted by molar-refractivity contribution is 9.10. The first-order valence-electron chi connectivity index (χ1n) is 11.8. The molecule has 3 heterocycles. The number of pyridine rings is 1. The molecule has 0 saturated carbocycles. The molecule has 2 atom stereocenters. The molecule has 0 bridgehead atoms. The minimum absolute atomic E-state index is 0.0100. The quantitative estimate of drug-likeness (QED) is 0.265. The van der Waals surface area contributed by atoms with E-state index in [-0.39, 0.29) is 18.0 Å². The number of halogens is 1. The summed E-state index contributed by atoms with van der Waals surface area (Å²) in [6.07, 6.45) is 4.31. The van der Waals surface area contributed by atoms with Crippen LogP contribution in [0.5, 0.6) is 0 Å². The van der Waals surface area contributed by atoms with Crippen LogP contribution in [0.4, 0.5) is 11.4 Å². The van der Waals surface area contributed by atoms with Gasteiger partial charge in [-0.05, 0) is 85.4 Å². The lowest BCUT2D eigenvalue weighted by Crippen LogP contribution is -2.30. The van der Waals surface area contributed by atoms with Crippen LogP contribution in [0.25, 0.3) is 5.69 Å². The van der Waals surface area contributed by atoms with Gasteiger partial charge in [-0.2, -0.15) is 0 Å². The number of benzene rings is 2. The summed E-state index contributed by atoms with van der Waals surface area (Å²) in [6.45, 7) is 3.84. The van der Waals surface area contributed by atoms with E-state index in [0.717, 1.165) is 38.5 Å². The zero-order valence-corrected chi connectivity index (χ0v) is 22.4. The number of anilines is 2. The smallest absolute Gasteiger partial charge is 0.224 e. The number of thiocarbonyl (C=S) groups is 1. The number of aromatic nitrogens is 2. The second-order valence-electron chi connectivity index (χ2n) is 8.68. The number of nitrogens with one attached hydrogen (secondary N) is 2. The van der Waals surface area contributed by atoms with Crippen LogP contribution in [0.15, 0.2) is 89.7 Å². The van der Waals surface area contributed by atoms with Crippen molar-refractivity contribution < 1.29 is 4.79 Å². The van der Waals surface area contributed by atoms with Crippen LogP contribution in [0.1, 0.15) is 42.4 Å². The zero-order valence-electron chi connectivity index (χ0n) is 20.0. The second kappa shape index (κ2) is 10.2. The molecule has 0 unspecified atom stereocenters. The SMILES string of the molecule is CCC(=O)Nc1ccc(N2C(=S)N[C@H](c3ccccn3)[C@H]2c2cccn2-c2cccc(Br)c2)cc1C. The highest BCUT2D eigenvalue weighted by Gasteiger charge is 2.42. The molecule has 2 N–H and O–H groups in total. The van der Waals surface area contributed by atoms with Crippen LogP contribution >= 0.6 is 28.1 Å². The molecule has 182 valence electrons. The first-order valence-corrected chi connectivity index (χ1v) is 13.0. The predicted molar refractivity (Wildman–Crippen MR) is 152 cm³/mol. The van der Waals surface area contributed by atoms with Crippen LogP contribution < -0.4 is 15.5 Å². The Hall–Kier alpha value is -3.49. The Morgan fingerprint density at radius 1 is 1.08 bits per heavy atom. The van der Waals surface area contributed by atoms with Gasteiger partial charge in [-0.25, -0.2) is 0 Å². The molecule has 1 fully saturated rings. The van der Waals surface area contributed by atoms with Crippen molar-refractivity contribution in [3.05, 3.63) is 107 Å². The Balaban J connectivity index is 1.62. The van der Waals surface area contributed by atoms with Crippen LogP contribution in [0.2, 0.25) is 0 Å². The van der Waals surface area contributed by atoms with Crippen molar-refractivity contribution in [2.24, 2.45) is 0 Å². The van der Waals surface area contributed by atoms with Crippen molar-refractivity contribution in [1.82, 2.24) is 14.9 Å². The van der Waals surface area contributed by atoms with Gasteiger partial charge in [0.1, 0.15) is 6.04 Å². The normalized spacial score (nSPS) is 17.2. The first-order chi connectivity index (χ1) is 17.5. The van der Waals surface area contributed by atoms with Crippen LogP contribution in [-0.4, -0.2) is 20.6 Å².